The number of ether oxygens (including phenoxy) is 2. The third kappa shape index (κ3) is 6.35. The van der Waals surface area contributed by atoms with Gasteiger partial charge in [0.2, 0.25) is 0 Å². The summed E-state index contributed by atoms with van der Waals surface area (Å²) in [7, 11) is 1.64. The van der Waals surface area contributed by atoms with Crippen LogP contribution in [-0.2, 0) is 6.54 Å². The summed E-state index contributed by atoms with van der Waals surface area (Å²) >= 11 is 0. The van der Waals surface area contributed by atoms with Gasteiger partial charge < -0.3 is 29.9 Å². The first-order chi connectivity index (χ1) is 13.1. The molecule has 0 bridgehead atoms. The van der Waals surface area contributed by atoms with Crippen molar-refractivity contribution >= 4 is 0 Å². The predicted octanol–water partition coefficient (Wildman–Crippen LogP) is 1.92. The summed E-state index contributed by atoms with van der Waals surface area (Å²) in [6.07, 6.45) is 5.99. The second kappa shape index (κ2) is 10.3. The van der Waals surface area contributed by atoms with Crippen molar-refractivity contribution in [2.24, 2.45) is 0 Å². The highest BCUT2D eigenvalue weighted by molar-refractivity contribution is 5.43. The molecule has 1 aliphatic carbocycles. The maximum atomic E-state index is 10.3. The third-order valence-corrected chi connectivity index (χ3v) is 5.64. The van der Waals surface area contributed by atoms with Crippen LogP contribution in [0.4, 0.5) is 0 Å². The second-order valence-electron chi connectivity index (χ2n) is 7.84. The molecule has 1 unspecified atom stereocenters. The van der Waals surface area contributed by atoms with Crippen LogP contribution < -0.4 is 14.8 Å². The maximum absolute atomic E-state index is 10.3. The van der Waals surface area contributed by atoms with Gasteiger partial charge in [0.1, 0.15) is 12.7 Å². The highest BCUT2D eigenvalue weighted by Crippen LogP contribution is 2.28. The summed E-state index contributed by atoms with van der Waals surface area (Å²) < 4.78 is 11.3. The van der Waals surface area contributed by atoms with E-state index in [1.54, 1.807) is 7.11 Å². The summed E-state index contributed by atoms with van der Waals surface area (Å²) in [6.45, 7) is 3.28. The van der Waals surface area contributed by atoms with Gasteiger partial charge in [-0.25, -0.2) is 0 Å². The normalized spacial score (nSPS) is 20.7. The van der Waals surface area contributed by atoms with Gasteiger partial charge in [0.15, 0.2) is 11.5 Å². The van der Waals surface area contributed by atoms with Crippen LogP contribution in [-0.4, -0.2) is 66.7 Å². The van der Waals surface area contributed by atoms with Crippen molar-refractivity contribution in [3.63, 3.8) is 0 Å². The zero-order valence-electron chi connectivity index (χ0n) is 16.4. The van der Waals surface area contributed by atoms with Crippen molar-refractivity contribution < 1.29 is 19.7 Å². The van der Waals surface area contributed by atoms with E-state index in [1.807, 2.05) is 12.1 Å². The molecule has 0 radical (unpaired) electrons. The van der Waals surface area contributed by atoms with Crippen molar-refractivity contribution in [3.05, 3.63) is 23.8 Å². The minimum absolute atomic E-state index is 0.194. The lowest BCUT2D eigenvalue weighted by atomic mass is 10.1. The Bertz CT molecular complexity index is 569. The number of methoxy groups -OCH3 is 1. The molecular formula is C21H34N2O4. The van der Waals surface area contributed by atoms with Crippen molar-refractivity contribution in [3.8, 4) is 11.5 Å². The number of β-amino-alcohol motifs (C(OH)–C–C–N with tert-alkyl or cyclic N) is 1. The minimum atomic E-state index is -0.561. The maximum Gasteiger partial charge on any atom is 0.161 e. The van der Waals surface area contributed by atoms with Gasteiger partial charge in [-0.15, -0.1) is 0 Å². The molecule has 2 fully saturated rings. The van der Waals surface area contributed by atoms with E-state index in [0.717, 1.165) is 32.5 Å². The molecule has 2 aliphatic rings. The Balaban J connectivity index is 1.45. The molecule has 1 aromatic carbocycles. The van der Waals surface area contributed by atoms with Gasteiger partial charge in [0.25, 0.3) is 0 Å². The van der Waals surface area contributed by atoms with E-state index in [0.29, 0.717) is 24.1 Å². The van der Waals surface area contributed by atoms with Crippen LogP contribution in [0.5, 0.6) is 11.5 Å². The summed E-state index contributed by atoms with van der Waals surface area (Å²) in [4.78, 5) is 2.18. The lowest BCUT2D eigenvalue weighted by molar-refractivity contribution is 0.0333. The molecule has 1 saturated heterocycles. The Hall–Kier alpha value is -1.34. The summed E-state index contributed by atoms with van der Waals surface area (Å²) in [6, 6.07) is 6.63. The molecule has 0 aromatic heterocycles. The molecule has 1 aliphatic heterocycles. The SMILES string of the molecule is COc1cc(CNC2CCCC2)ccc1OCC(O)CN1CCC(O)CC1. The molecule has 1 saturated carbocycles. The largest absolute Gasteiger partial charge is 0.493 e. The van der Waals surface area contributed by atoms with E-state index in [2.05, 4.69) is 16.3 Å². The van der Waals surface area contributed by atoms with E-state index in [-0.39, 0.29) is 12.7 Å². The van der Waals surface area contributed by atoms with Gasteiger partial charge in [-0.05, 0) is 43.4 Å². The number of hydrogen-bond donors (Lipinski definition) is 3. The van der Waals surface area contributed by atoms with E-state index >= 15 is 0 Å². The topological polar surface area (TPSA) is 74.2 Å². The molecule has 0 spiro atoms. The first kappa shape index (κ1) is 20.4. The van der Waals surface area contributed by atoms with Gasteiger partial charge in [-0.2, -0.15) is 0 Å². The molecule has 1 heterocycles. The van der Waals surface area contributed by atoms with Gasteiger partial charge in [-0.1, -0.05) is 18.9 Å². The zero-order chi connectivity index (χ0) is 19.1. The van der Waals surface area contributed by atoms with Gasteiger partial charge in [-0.3, -0.25) is 0 Å². The summed E-state index contributed by atoms with van der Waals surface area (Å²) in [5.74, 6) is 1.37. The Morgan fingerprint density at radius 1 is 1.15 bits per heavy atom. The standard InChI is InChI=1S/C21H34N2O4/c1-26-21-12-16(13-22-17-4-2-3-5-17)6-7-20(21)27-15-19(25)14-23-10-8-18(24)9-11-23/h6-7,12,17-19,22,24-25H,2-5,8-11,13-15H2,1H3. The fraction of sp³-hybridized carbons (Fsp3) is 0.714. The first-order valence-corrected chi connectivity index (χ1v) is 10.3. The highest BCUT2D eigenvalue weighted by Gasteiger charge is 2.20. The van der Waals surface area contributed by atoms with Crippen molar-refractivity contribution in [2.45, 2.75) is 63.3 Å². The Morgan fingerprint density at radius 3 is 2.59 bits per heavy atom. The molecule has 0 amide bonds. The second-order valence-corrected chi connectivity index (χ2v) is 7.84. The number of hydrogen-bond acceptors (Lipinski definition) is 6. The van der Waals surface area contributed by atoms with E-state index in [4.69, 9.17) is 9.47 Å². The smallest absolute Gasteiger partial charge is 0.161 e. The molecule has 3 rings (SSSR count). The zero-order valence-corrected chi connectivity index (χ0v) is 16.4. The first-order valence-electron chi connectivity index (χ1n) is 10.3. The number of piperidine rings is 1. The average molecular weight is 379 g/mol. The van der Waals surface area contributed by atoms with Gasteiger partial charge >= 0.3 is 0 Å². The fourth-order valence-electron chi connectivity index (χ4n) is 3.97. The molecule has 1 atom stereocenters. The molecule has 1 aromatic rings. The Morgan fingerprint density at radius 2 is 1.89 bits per heavy atom. The molecule has 3 N–H and O–H groups in total. The molecule has 6 heteroatoms. The number of rotatable bonds is 9. The van der Waals surface area contributed by atoms with Crippen LogP contribution in [0.25, 0.3) is 0 Å². The van der Waals surface area contributed by atoms with Crippen LogP contribution in [0, 0.1) is 0 Å². The molecular weight excluding hydrogens is 344 g/mol. The van der Waals surface area contributed by atoms with Crippen molar-refractivity contribution in [1.29, 1.82) is 0 Å². The van der Waals surface area contributed by atoms with E-state index in [1.165, 1.54) is 31.2 Å². The predicted molar refractivity (Wildman–Crippen MR) is 105 cm³/mol. The Kier molecular flexibility index (Phi) is 7.76. The van der Waals surface area contributed by atoms with Crippen LogP contribution in [0.3, 0.4) is 0 Å². The summed E-state index contributed by atoms with van der Waals surface area (Å²) in [5.41, 5.74) is 1.18. The molecule has 27 heavy (non-hydrogen) atoms. The van der Waals surface area contributed by atoms with Crippen LogP contribution in [0.15, 0.2) is 18.2 Å². The number of nitrogens with one attached hydrogen (secondary N) is 1. The van der Waals surface area contributed by atoms with Gasteiger partial charge in [0.05, 0.1) is 13.2 Å². The third-order valence-electron chi connectivity index (χ3n) is 5.64. The summed E-state index contributed by atoms with van der Waals surface area (Å²) in [5, 5.41) is 23.4. The number of nitrogens with zero attached hydrogens (tertiary/aromatic N) is 1. The quantitative estimate of drug-likeness (QED) is 0.610. The van der Waals surface area contributed by atoms with Crippen LogP contribution >= 0.6 is 0 Å². The molecule has 152 valence electrons. The number of aliphatic hydroxyl groups is 2. The average Bonchev–Trinajstić information content (AvgIpc) is 3.20. The van der Waals surface area contributed by atoms with E-state index < -0.39 is 6.10 Å². The van der Waals surface area contributed by atoms with Crippen molar-refractivity contribution in [2.75, 3.05) is 33.4 Å². The Labute approximate surface area is 162 Å². The monoisotopic (exact) mass is 378 g/mol. The number of benzene rings is 1. The number of aliphatic hydroxyl groups excluding tert-OH is 2. The lowest BCUT2D eigenvalue weighted by Crippen LogP contribution is -2.41. The number of likely N-dealkylation sites (tertiary alicyclic amines) is 1. The fourth-order valence-corrected chi connectivity index (χ4v) is 3.97. The van der Waals surface area contributed by atoms with Gasteiger partial charge in [0, 0.05) is 32.2 Å². The van der Waals surface area contributed by atoms with Crippen LogP contribution in [0.1, 0.15) is 44.1 Å². The van der Waals surface area contributed by atoms with Crippen molar-refractivity contribution in [1.82, 2.24) is 10.2 Å². The lowest BCUT2D eigenvalue weighted by Gasteiger charge is -2.30. The van der Waals surface area contributed by atoms with Crippen LogP contribution in [0.2, 0.25) is 0 Å². The highest BCUT2D eigenvalue weighted by atomic mass is 16.5. The molecule has 6 nitrogen and oxygen atoms in total. The minimum Gasteiger partial charge on any atom is -0.493 e. The van der Waals surface area contributed by atoms with E-state index in [9.17, 15) is 10.2 Å².